The Hall–Kier alpha value is -1.28. The van der Waals surface area contributed by atoms with Crippen molar-refractivity contribution in [2.75, 3.05) is 7.11 Å². The molecule has 1 aromatic carbocycles. The lowest BCUT2D eigenvalue weighted by Crippen LogP contribution is -1.84. The van der Waals surface area contributed by atoms with Crippen LogP contribution in [0.5, 0.6) is 0 Å². The van der Waals surface area contributed by atoms with E-state index < -0.39 is 0 Å². The Morgan fingerprint density at radius 1 is 1.38 bits per heavy atom. The normalized spacial score (nSPS) is 10.9. The number of nitrogens with one attached hydrogen (secondary N) is 1. The third kappa shape index (κ3) is 1.45. The van der Waals surface area contributed by atoms with E-state index >= 15 is 0 Å². The summed E-state index contributed by atoms with van der Waals surface area (Å²) in [4.78, 5) is 3.22. The van der Waals surface area contributed by atoms with Crippen LogP contribution >= 0.6 is 0 Å². The lowest BCUT2D eigenvalue weighted by atomic mass is 10.1. The van der Waals surface area contributed by atoms with Gasteiger partial charge in [0.1, 0.15) is 0 Å². The SMILES string of the molecule is COCc1c[nH]c2ccc(C)cc12. The van der Waals surface area contributed by atoms with Crippen LogP contribution in [-0.4, -0.2) is 12.1 Å². The van der Waals surface area contributed by atoms with Gasteiger partial charge in [0.15, 0.2) is 0 Å². The highest BCUT2D eigenvalue weighted by molar-refractivity contribution is 5.83. The Kier molecular flexibility index (Phi) is 2.07. The quantitative estimate of drug-likeness (QED) is 0.745. The Morgan fingerprint density at radius 2 is 2.23 bits per heavy atom. The van der Waals surface area contributed by atoms with Crippen molar-refractivity contribution in [1.29, 1.82) is 0 Å². The molecule has 0 unspecified atom stereocenters. The number of hydrogen-bond acceptors (Lipinski definition) is 1. The molecule has 0 atom stereocenters. The molecule has 2 heteroatoms. The second-order valence-corrected chi connectivity index (χ2v) is 3.30. The Balaban J connectivity index is 2.58. The summed E-state index contributed by atoms with van der Waals surface area (Å²) in [5.41, 5.74) is 3.68. The Bertz CT molecular complexity index is 417. The van der Waals surface area contributed by atoms with Gasteiger partial charge in [0.25, 0.3) is 0 Å². The number of ether oxygens (including phenoxy) is 1. The topological polar surface area (TPSA) is 25.0 Å². The summed E-state index contributed by atoms with van der Waals surface area (Å²) in [6.45, 7) is 2.77. The van der Waals surface area contributed by atoms with Crippen LogP contribution in [0.15, 0.2) is 24.4 Å². The first-order valence-corrected chi connectivity index (χ1v) is 4.37. The largest absolute Gasteiger partial charge is 0.380 e. The minimum Gasteiger partial charge on any atom is -0.380 e. The molecule has 0 fully saturated rings. The number of H-pyrrole nitrogens is 1. The van der Waals surface area contributed by atoms with Crippen LogP contribution in [0.1, 0.15) is 11.1 Å². The number of rotatable bonds is 2. The highest BCUT2D eigenvalue weighted by Crippen LogP contribution is 2.19. The number of aromatic amines is 1. The first-order chi connectivity index (χ1) is 6.31. The smallest absolute Gasteiger partial charge is 0.0733 e. The molecular formula is C11H13NO. The number of aromatic nitrogens is 1. The van der Waals surface area contributed by atoms with Gasteiger partial charge in [0.05, 0.1) is 6.61 Å². The Labute approximate surface area is 77.5 Å². The molecule has 0 aliphatic heterocycles. The average Bonchev–Trinajstić information content (AvgIpc) is 2.49. The van der Waals surface area contributed by atoms with Gasteiger partial charge in [-0.25, -0.2) is 0 Å². The maximum Gasteiger partial charge on any atom is 0.0733 e. The fourth-order valence-electron chi connectivity index (χ4n) is 1.57. The molecule has 0 radical (unpaired) electrons. The molecule has 0 aliphatic rings. The Morgan fingerprint density at radius 3 is 3.00 bits per heavy atom. The molecule has 1 N–H and O–H groups in total. The van der Waals surface area contributed by atoms with Crippen LogP contribution in [0.2, 0.25) is 0 Å². The molecule has 2 aromatic rings. The fourth-order valence-corrected chi connectivity index (χ4v) is 1.57. The van der Waals surface area contributed by atoms with E-state index in [0.29, 0.717) is 6.61 Å². The summed E-state index contributed by atoms with van der Waals surface area (Å²) >= 11 is 0. The molecular weight excluding hydrogens is 162 g/mol. The number of benzene rings is 1. The molecule has 1 heterocycles. The van der Waals surface area contributed by atoms with Crippen LogP contribution < -0.4 is 0 Å². The first-order valence-electron chi connectivity index (χ1n) is 4.37. The minimum absolute atomic E-state index is 0.670. The van der Waals surface area contributed by atoms with Gasteiger partial charge in [-0.2, -0.15) is 0 Å². The van der Waals surface area contributed by atoms with Gasteiger partial charge < -0.3 is 9.72 Å². The van der Waals surface area contributed by atoms with Crippen molar-refractivity contribution in [2.45, 2.75) is 13.5 Å². The zero-order valence-electron chi connectivity index (χ0n) is 7.92. The van der Waals surface area contributed by atoms with E-state index in [4.69, 9.17) is 4.74 Å². The van der Waals surface area contributed by atoms with Gasteiger partial charge in [-0.1, -0.05) is 11.6 Å². The monoisotopic (exact) mass is 175 g/mol. The summed E-state index contributed by atoms with van der Waals surface area (Å²) in [6.07, 6.45) is 2.01. The van der Waals surface area contributed by atoms with Crippen molar-refractivity contribution in [3.05, 3.63) is 35.5 Å². The van der Waals surface area contributed by atoms with E-state index in [2.05, 4.69) is 30.1 Å². The lowest BCUT2D eigenvalue weighted by molar-refractivity contribution is 0.186. The van der Waals surface area contributed by atoms with Crippen molar-refractivity contribution in [1.82, 2.24) is 4.98 Å². The molecule has 1 aromatic heterocycles. The van der Waals surface area contributed by atoms with Gasteiger partial charge in [0.2, 0.25) is 0 Å². The average molecular weight is 175 g/mol. The third-order valence-electron chi connectivity index (χ3n) is 2.22. The molecule has 0 saturated heterocycles. The number of fused-ring (bicyclic) bond motifs is 1. The van der Waals surface area contributed by atoms with Crippen LogP contribution in [0.4, 0.5) is 0 Å². The highest BCUT2D eigenvalue weighted by atomic mass is 16.5. The fraction of sp³-hybridized carbons (Fsp3) is 0.273. The van der Waals surface area contributed by atoms with E-state index in [1.54, 1.807) is 7.11 Å². The van der Waals surface area contributed by atoms with E-state index in [1.165, 1.54) is 22.0 Å². The van der Waals surface area contributed by atoms with Crippen molar-refractivity contribution >= 4 is 10.9 Å². The van der Waals surface area contributed by atoms with E-state index in [1.807, 2.05) is 6.20 Å². The van der Waals surface area contributed by atoms with Crippen molar-refractivity contribution in [3.63, 3.8) is 0 Å². The predicted octanol–water partition coefficient (Wildman–Crippen LogP) is 2.62. The standard InChI is InChI=1S/C11H13NO/c1-8-3-4-11-10(5-8)9(6-12-11)7-13-2/h3-6,12H,7H2,1-2H3. The zero-order valence-corrected chi connectivity index (χ0v) is 7.92. The van der Waals surface area contributed by atoms with E-state index in [9.17, 15) is 0 Å². The van der Waals surface area contributed by atoms with Crippen LogP contribution in [-0.2, 0) is 11.3 Å². The van der Waals surface area contributed by atoms with E-state index in [0.717, 1.165) is 0 Å². The molecule has 13 heavy (non-hydrogen) atoms. The molecule has 0 spiro atoms. The summed E-state index contributed by atoms with van der Waals surface area (Å²) in [5, 5.41) is 1.27. The molecule has 0 amide bonds. The van der Waals surface area contributed by atoms with Gasteiger partial charge in [-0.05, 0) is 19.1 Å². The maximum atomic E-state index is 5.11. The molecule has 2 nitrogen and oxygen atoms in total. The van der Waals surface area contributed by atoms with Crippen LogP contribution in [0.3, 0.4) is 0 Å². The van der Waals surface area contributed by atoms with E-state index in [-0.39, 0.29) is 0 Å². The van der Waals surface area contributed by atoms with Gasteiger partial charge in [0, 0.05) is 29.8 Å². The second-order valence-electron chi connectivity index (χ2n) is 3.30. The third-order valence-corrected chi connectivity index (χ3v) is 2.22. The number of hydrogen-bond donors (Lipinski definition) is 1. The van der Waals surface area contributed by atoms with Crippen LogP contribution in [0.25, 0.3) is 10.9 Å². The second kappa shape index (κ2) is 3.23. The van der Waals surface area contributed by atoms with Crippen molar-refractivity contribution in [3.8, 4) is 0 Å². The first kappa shape index (κ1) is 8.32. The summed E-state index contributed by atoms with van der Waals surface area (Å²) in [5.74, 6) is 0. The highest BCUT2D eigenvalue weighted by Gasteiger charge is 2.02. The zero-order chi connectivity index (χ0) is 9.26. The predicted molar refractivity (Wildman–Crippen MR) is 53.7 cm³/mol. The van der Waals surface area contributed by atoms with Crippen molar-refractivity contribution in [2.24, 2.45) is 0 Å². The molecule has 68 valence electrons. The summed E-state index contributed by atoms with van der Waals surface area (Å²) < 4.78 is 5.11. The maximum absolute atomic E-state index is 5.11. The summed E-state index contributed by atoms with van der Waals surface area (Å²) in [7, 11) is 1.72. The van der Waals surface area contributed by atoms with Crippen molar-refractivity contribution < 1.29 is 4.74 Å². The molecule has 0 saturated carbocycles. The van der Waals surface area contributed by atoms with Crippen LogP contribution in [0, 0.1) is 6.92 Å². The van der Waals surface area contributed by atoms with Gasteiger partial charge in [-0.15, -0.1) is 0 Å². The minimum atomic E-state index is 0.670. The number of methoxy groups -OCH3 is 1. The lowest BCUT2D eigenvalue weighted by Gasteiger charge is -1.97. The molecule has 0 bridgehead atoms. The molecule has 0 aliphatic carbocycles. The van der Waals surface area contributed by atoms with Gasteiger partial charge >= 0.3 is 0 Å². The molecule has 2 rings (SSSR count). The van der Waals surface area contributed by atoms with Gasteiger partial charge in [-0.3, -0.25) is 0 Å². The number of aryl methyl sites for hydroxylation is 1. The summed E-state index contributed by atoms with van der Waals surface area (Å²) in [6, 6.07) is 6.39.